The van der Waals surface area contributed by atoms with E-state index in [0.717, 1.165) is 0 Å². The Labute approximate surface area is 86.8 Å². The van der Waals surface area contributed by atoms with Gasteiger partial charge in [-0.1, -0.05) is 0 Å². The fraction of sp³-hybridized carbons (Fsp3) is 1.00. The second-order valence-corrected chi connectivity index (χ2v) is 3.25. The zero-order chi connectivity index (χ0) is 11.5. The number of rotatable bonds is 5. The fourth-order valence-electron chi connectivity index (χ4n) is 1.31. The lowest BCUT2D eigenvalue weighted by atomic mass is 10.1. The van der Waals surface area contributed by atoms with Crippen molar-refractivity contribution in [1.29, 1.82) is 0 Å². The molecule has 0 amide bonds. The van der Waals surface area contributed by atoms with Crippen LogP contribution in [0.2, 0.25) is 0 Å². The zero-order valence-electron chi connectivity index (χ0n) is 8.37. The highest BCUT2D eigenvalue weighted by molar-refractivity contribution is 4.90. The van der Waals surface area contributed by atoms with Crippen LogP contribution in [-0.2, 0) is 14.2 Å². The molecule has 4 N–H and O–H groups in total. The third-order valence-electron chi connectivity index (χ3n) is 2.17. The van der Waals surface area contributed by atoms with Crippen molar-refractivity contribution in [3.63, 3.8) is 0 Å². The monoisotopic (exact) mass is 224 g/mol. The van der Waals surface area contributed by atoms with Gasteiger partial charge in [0.1, 0.15) is 12.2 Å². The number of ether oxygens (including phenoxy) is 3. The highest BCUT2D eigenvalue weighted by atomic mass is 16.8. The molecule has 1 aliphatic rings. The highest BCUT2D eigenvalue weighted by Gasteiger charge is 2.54. The van der Waals surface area contributed by atoms with Crippen molar-refractivity contribution in [3.05, 3.63) is 0 Å². The van der Waals surface area contributed by atoms with Crippen LogP contribution in [0, 0.1) is 0 Å². The van der Waals surface area contributed by atoms with E-state index in [1.807, 2.05) is 0 Å². The molecule has 0 spiro atoms. The SMILES string of the molecule is COCCOC1(O)O[C@H](CO)[C@H](O)[C@H]1O. The molecular weight excluding hydrogens is 208 g/mol. The van der Waals surface area contributed by atoms with Crippen LogP contribution in [0.3, 0.4) is 0 Å². The van der Waals surface area contributed by atoms with E-state index in [9.17, 15) is 15.3 Å². The predicted octanol–water partition coefficient (Wildman–Crippen LogP) is -2.59. The topological polar surface area (TPSA) is 109 Å². The predicted molar refractivity (Wildman–Crippen MR) is 46.8 cm³/mol. The summed E-state index contributed by atoms with van der Waals surface area (Å²) in [6.07, 6.45) is -4.07. The molecule has 0 saturated carbocycles. The number of hydrogen-bond acceptors (Lipinski definition) is 7. The lowest BCUT2D eigenvalue weighted by Crippen LogP contribution is -2.46. The van der Waals surface area contributed by atoms with Crippen molar-refractivity contribution in [1.82, 2.24) is 0 Å². The maximum Gasteiger partial charge on any atom is 0.311 e. The van der Waals surface area contributed by atoms with Gasteiger partial charge in [-0.25, -0.2) is 0 Å². The molecule has 0 aromatic rings. The van der Waals surface area contributed by atoms with E-state index in [0.29, 0.717) is 0 Å². The summed E-state index contributed by atoms with van der Waals surface area (Å²) < 4.78 is 14.3. The van der Waals surface area contributed by atoms with Crippen LogP contribution < -0.4 is 0 Å². The van der Waals surface area contributed by atoms with Gasteiger partial charge in [0.25, 0.3) is 0 Å². The molecule has 90 valence electrons. The number of aliphatic hydroxyl groups excluding tert-OH is 3. The van der Waals surface area contributed by atoms with Gasteiger partial charge in [-0.2, -0.15) is 0 Å². The largest absolute Gasteiger partial charge is 0.394 e. The molecule has 1 saturated heterocycles. The summed E-state index contributed by atoms with van der Waals surface area (Å²) in [5, 5.41) is 37.2. The Balaban J connectivity index is 2.53. The highest BCUT2D eigenvalue weighted by Crippen LogP contribution is 2.29. The van der Waals surface area contributed by atoms with E-state index < -0.39 is 30.9 Å². The molecule has 1 heterocycles. The van der Waals surface area contributed by atoms with Gasteiger partial charge in [0.2, 0.25) is 0 Å². The molecule has 0 bridgehead atoms. The third-order valence-corrected chi connectivity index (χ3v) is 2.17. The van der Waals surface area contributed by atoms with Crippen molar-refractivity contribution in [2.75, 3.05) is 26.9 Å². The normalized spacial score (nSPS) is 41.0. The molecule has 1 rings (SSSR count). The van der Waals surface area contributed by atoms with Gasteiger partial charge in [0, 0.05) is 7.11 Å². The molecule has 4 atom stereocenters. The first-order valence-corrected chi connectivity index (χ1v) is 4.55. The van der Waals surface area contributed by atoms with Crippen LogP contribution in [0.4, 0.5) is 0 Å². The minimum atomic E-state index is -2.29. The molecule has 0 aliphatic carbocycles. The summed E-state index contributed by atoms with van der Waals surface area (Å²) in [4.78, 5) is 0. The molecule has 1 fully saturated rings. The minimum absolute atomic E-state index is 0.00503. The number of hydrogen-bond donors (Lipinski definition) is 4. The summed E-state index contributed by atoms with van der Waals surface area (Å²) >= 11 is 0. The van der Waals surface area contributed by atoms with E-state index in [1.165, 1.54) is 7.11 Å². The van der Waals surface area contributed by atoms with Crippen molar-refractivity contribution < 1.29 is 34.6 Å². The Morgan fingerprint density at radius 1 is 1.33 bits per heavy atom. The molecular formula is C8H16O7. The van der Waals surface area contributed by atoms with Gasteiger partial charge in [0.05, 0.1) is 19.8 Å². The van der Waals surface area contributed by atoms with Gasteiger partial charge < -0.3 is 34.6 Å². The summed E-state index contributed by atoms with van der Waals surface area (Å²) in [6, 6.07) is 0. The Bertz CT molecular complexity index is 199. The summed E-state index contributed by atoms with van der Waals surface area (Å²) in [7, 11) is 1.45. The van der Waals surface area contributed by atoms with Crippen molar-refractivity contribution in [2.45, 2.75) is 24.3 Å². The molecule has 7 nitrogen and oxygen atoms in total. The summed E-state index contributed by atoms with van der Waals surface area (Å²) in [6.45, 7) is -0.318. The minimum Gasteiger partial charge on any atom is -0.394 e. The van der Waals surface area contributed by atoms with Gasteiger partial charge in [-0.05, 0) is 0 Å². The first kappa shape index (κ1) is 12.8. The van der Waals surface area contributed by atoms with Crippen LogP contribution >= 0.6 is 0 Å². The Hall–Kier alpha value is -0.280. The second kappa shape index (κ2) is 5.17. The number of aliphatic hydroxyl groups is 4. The van der Waals surface area contributed by atoms with Crippen LogP contribution in [-0.4, -0.2) is 71.6 Å². The maximum atomic E-state index is 9.64. The average molecular weight is 224 g/mol. The summed E-state index contributed by atoms with van der Waals surface area (Å²) in [5.74, 6) is -2.29. The first-order chi connectivity index (χ1) is 7.05. The maximum absolute atomic E-state index is 9.64. The van der Waals surface area contributed by atoms with Gasteiger partial charge >= 0.3 is 5.97 Å². The lowest BCUT2D eigenvalue weighted by Gasteiger charge is -2.25. The van der Waals surface area contributed by atoms with Crippen LogP contribution in [0.15, 0.2) is 0 Å². The quantitative estimate of drug-likeness (QED) is 0.300. The first-order valence-electron chi connectivity index (χ1n) is 4.55. The Kier molecular flexibility index (Phi) is 4.41. The van der Waals surface area contributed by atoms with E-state index in [2.05, 4.69) is 4.74 Å². The smallest absolute Gasteiger partial charge is 0.311 e. The van der Waals surface area contributed by atoms with Crippen LogP contribution in [0.25, 0.3) is 0 Å². The van der Waals surface area contributed by atoms with E-state index in [4.69, 9.17) is 14.6 Å². The van der Waals surface area contributed by atoms with Crippen LogP contribution in [0.5, 0.6) is 0 Å². The molecule has 1 aliphatic heterocycles. The van der Waals surface area contributed by atoms with Crippen molar-refractivity contribution in [2.24, 2.45) is 0 Å². The van der Waals surface area contributed by atoms with Gasteiger partial charge in [0.15, 0.2) is 6.10 Å². The van der Waals surface area contributed by atoms with Crippen molar-refractivity contribution >= 4 is 0 Å². The lowest BCUT2D eigenvalue weighted by molar-refractivity contribution is -0.378. The standard InChI is InChI=1S/C8H16O7/c1-13-2-3-14-8(12)7(11)6(10)5(4-9)15-8/h5-7,9-12H,2-4H2,1H3/t5-,6+,7-,8?/m1/s1. The third kappa shape index (κ3) is 2.64. The van der Waals surface area contributed by atoms with Gasteiger partial charge in [-0.15, -0.1) is 0 Å². The Morgan fingerprint density at radius 2 is 2.00 bits per heavy atom. The van der Waals surface area contributed by atoms with E-state index in [1.54, 1.807) is 0 Å². The van der Waals surface area contributed by atoms with Crippen molar-refractivity contribution in [3.8, 4) is 0 Å². The molecule has 0 aromatic heterocycles. The Morgan fingerprint density at radius 3 is 2.47 bits per heavy atom. The van der Waals surface area contributed by atoms with Crippen LogP contribution in [0.1, 0.15) is 0 Å². The van der Waals surface area contributed by atoms with E-state index >= 15 is 0 Å². The fourth-order valence-corrected chi connectivity index (χ4v) is 1.31. The molecule has 1 unspecified atom stereocenters. The molecule has 0 aromatic carbocycles. The van der Waals surface area contributed by atoms with E-state index in [-0.39, 0.29) is 13.2 Å². The molecule has 7 heteroatoms. The second-order valence-electron chi connectivity index (χ2n) is 3.25. The molecule has 0 radical (unpaired) electrons. The molecule has 15 heavy (non-hydrogen) atoms. The average Bonchev–Trinajstić information content (AvgIpc) is 2.44. The van der Waals surface area contributed by atoms with Gasteiger partial charge in [-0.3, -0.25) is 0 Å². The number of methoxy groups -OCH3 is 1. The zero-order valence-corrected chi connectivity index (χ0v) is 8.37. The summed E-state index contributed by atoms with van der Waals surface area (Å²) in [5.41, 5.74) is 0.